The van der Waals surface area contributed by atoms with Crippen molar-refractivity contribution in [3.8, 4) is 11.5 Å². The first-order chi connectivity index (χ1) is 37.5. The van der Waals surface area contributed by atoms with Crippen LogP contribution in [0.1, 0.15) is 69.0 Å². The highest BCUT2D eigenvalue weighted by Crippen LogP contribution is 2.53. The fraction of sp³-hybridized carbons (Fsp3) is 0.370. The van der Waals surface area contributed by atoms with Crippen LogP contribution in [0.2, 0.25) is 10.0 Å². The number of amides is 3. The quantitative estimate of drug-likeness (QED) is 0.0171. The van der Waals surface area contributed by atoms with E-state index in [4.69, 9.17) is 42.1 Å². The van der Waals surface area contributed by atoms with E-state index in [-0.39, 0.29) is 102 Å². The second-order valence-corrected chi connectivity index (χ2v) is 23.2. The highest BCUT2D eigenvalue weighted by Gasteiger charge is 2.60. The number of rotatable bonds is 22. The number of alkyl halides is 2. The number of hydrogen-bond donors (Lipinski definition) is 2. The second kappa shape index (κ2) is 24.6. The maximum absolute atomic E-state index is 15.1. The lowest BCUT2D eigenvalue weighted by atomic mass is 9.84. The van der Waals surface area contributed by atoms with Gasteiger partial charge in [-0.3, -0.25) is 24.2 Å². The van der Waals surface area contributed by atoms with Gasteiger partial charge < -0.3 is 34.8 Å². The van der Waals surface area contributed by atoms with E-state index in [9.17, 15) is 38.0 Å². The van der Waals surface area contributed by atoms with Crippen LogP contribution in [0.3, 0.4) is 0 Å². The average molecular weight is 1150 g/mol. The zero-order chi connectivity index (χ0) is 55.1. The van der Waals surface area contributed by atoms with E-state index in [1.54, 1.807) is 29.2 Å². The van der Waals surface area contributed by atoms with Crippen molar-refractivity contribution >= 4 is 81.0 Å². The Kier molecular flexibility index (Phi) is 17.7. The number of ether oxygens (including phenoxy) is 4. The summed E-state index contributed by atoms with van der Waals surface area (Å²) in [6, 6.07) is 24.8. The largest absolute Gasteiger partial charge is 0.619 e. The number of nitrogens with one attached hydrogen (secondary N) is 2. The number of fused-ring (bicyclic) bond motifs is 3. The molecule has 5 aliphatic rings. The van der Waals surface area contributed by atoms with Gasteiger partial charge in [-0.15, -0.1) is 11.8 Å². The number of anilines is 1. The van der Waals surface area contributed by atoms with Crippen LogP contribution in [0.15, 0.2) is 114 Å². The highest BCUT2D eigenvalue weighted by molar-refractivity contribution is 8.02. The summed E-state index contributed by atoms with van der Waals surface area (Å²) in [5.41, 5.74) is 1.73. The van der Waals surface area contributed by atoms with Crippen molar-refractivity contribution in [2.75, 3.05) is 56.5 Å². The van der Waals surface area contributed by atoms with Gasteiger partial charge in [0.15, 0.2) is 28.8 Å². The van der Waals surface area contributed by atoms with Crippen LogP contribution in [0.25, 0.3) is 0 Å². The van der Waals surface area contributed by atoms with Gasteiger partial charge in [0, 0.05) is 60.2 Å². The predicted octanol–water partition coefficient (Wildman–Crippen LogP) is 7.57. The van der Waals surface area contributed by atoms with Gasteiger partial charge in [-0.2, -0.15) is 17.8 Å². The Bertz CT molecular complexity index is 3130. The molecular weight excluding hydrogens is 1100 g/mol. The molecule has 5 aromatic rings. The number of carbonyl (C=O) groups excluding carboxylic acids is 5. The van der Waals surface area contributed by atoms with Crippen LogP contribution in [0.5, 0.6) is 11.5 Å². The molecule has 10 rings (SSSR count). The molecule has 4 saturated heterocycles. The lowest BCUT2D eigenvalue weighted by Crippen LogP contribution is -2.56. The van der Waals surface area contributed by atoms with Gasteiger partial charge in [0.1, 0.15) is 16.1 Å². The second-order valence-electron chi connectivity index (χ2n) is 19.2. The molecule has 0 radical (unpaired) electrons. The molecule has 5 heterocycles. The molecule has 24 heteroatoms. The van der Waals surface area contributed by atoms with Crippen molar-refractivity contribution in [3.63, 3.8) is 0 Å². The van der Waals surface area contributed by atoms with E-state index in [0.717, 1.165) is 73.3 Å². The summed E-state index contributed by atoms with van der Waals surface area (Å²) in [7, 11) is -4.84. The lowest BCUT2D eigenvalue weighted by molar-refractivity contribution is -0.605. The first kappa shape index (κ1) is 56.2. The molecule has 1 aliphatic carbocycles. The van der Waals surface area contributed by atoms with Crippen LogP contribution < -0.4 is 29.7 Å². The first-order valence-electron chi connectivity index (χ1n) is 25.1. The summed E-state index contributed by atoms with van der Waals surface area (Å²) in [5, 5.41) is 17.5. The molecule has 412 valence electrons. The number of carbonyl (C=O) groups is 5. The Morgan fingerprint density at radius 1 is 0.859 bits per heavy atom. The molecule has 4 aliphatic heterocycles. The minimum Gasteiger partial charge on any atom is -0.619 e. The van der Waals surface area contributed by atoms with E-state index < -0.39 is 56.2 Å². The number of pyridine rings is 1. The SMILES string of the molecule is O=COC(=O)[C@]1([C@@H](Cc2c(Cl)c[n+]([O-])cc2Cl)c2ccc(OC(F)F)c(OCC3CC3)c2)SCCN1S(=O)(=O)c1cccc(C(=O)NCCNC(=O)c2cccc(CN(C(=O)O[C@H]3CN4CCC3CC4)c3ccccc3)c2)c1. The van der Waals surface area contributed by atoms with Gasteiger partial charge in [0.25, 0.3) is 11.8 Å². The molecule has 18 nitrogen and oxygen atoms in total. The third-order valence-electron chi connectivity index (χ3n) is 14.2. The van der Waals surface area contributed by atoms with Crippen molar-refractivity contribution in [2.45, 2.75) is 67.0 Å². The smallest absolute Gasteiger partial charge is 0.414 e. The number of esters is 1. The normalized spacial score (nSPS) is 20.3. The molecule has 2 N–H and O–H groups in total. The fourth-order valence-electron chi connectivity index (χ4n) is 10.1. The zero-order valence-corrected chi connectivity index (χ0v) is 44.9. The van der Waals surface area contributed by atoms with Crippen LogP contribution in [0.4, 0.5) is 19.3 Å². The van der Waals surface area contributed by atoms with Gasteiger partial charge in [0.05, 0.1) is 18.0 Å². The van der Waals surface area contributed by atoms with Crippen LogP contribution in [-0.4, -0.2) is 117 Å². The van der Waals surface area contributed by atoms with Crippen molar-refractivity contribution in [2.24, 2.45) is 11.8 Å². The molecule has 3 amide bonds. The van der Waals surface area contributed by atoms with Gasteiger partial charge in [0.2, 0.25) is 10.0 Å². The van der Waals surface area contributed by atoms with E-state index >= 15 is 8.42 Å². The Morgan fingerprint density at radius 3 is 2.18 bits per heavy atom. The van der Waals surface area contributed by atoms with Gasteiger partial charge in [-0.05, 0) is 123 Å². The molecule has 3 atom stereocenters. The Hall–Kier alpha value is -6.56. The maximum atomic E-state index is 15.1. The lowest BCUT2D eigenvalue weighted by Gasteiger charge is -2.44. The number of nitrogens with zero attached hydrogens (tertiary/aromatic N) is 4. The maximum Gasteiger partial charge on any atom is 0.414 e. The standard InChI is InChI=1S/C54H54Cl2F2N6O12S2/c55-44-29-62(70)30-45(56)42(44)27-43(37-14-15-46(75-52(57)58)47(26-37)73-32-34-12-13-34)54(51(68)74-33-65)64(22-23-77-54)78(71,72)41-11-5-8-39(25-41)50(67)60-19-18-59-49(66)38-7-4-6-35(24-38)28-63(40-9-2-1-3-10-40)53(69)76-48-31-61-20-16-36(48)17-21-61/h1-11,14-15,24-26,29-30,33-34,36,43,48,52H,12-13,16-23,27-28,31-32H2,(H,59,66)(H,60,67)/t43-,48-,54-/m0/s1. The third kappa shape index (κ3) is 12.8. The molecule has 2 bridgehead atoms. The summed E-state index contributed by atoms with van der Waals surface area (Å²) in [6.45, 7) is -0.864. The Labute approximate surface area is 462 Å². The number of hydrogen-bond acceptors (Lipinski definition) is 14. The topological polar surface area (TPSA) is 217 Å². The molecule has 5 fully saturated rings. The Balaban J connectivity index is 0.910. The average Bonchev–Trinajstić information content (AvgIpc) is 4.20. The number of benzene rings is 4. The monoisotopic (exact) mass is 1150 g/mol. The van der Waals surface area contributed by atoms with E-state index in [2.05, 4.69) is 15.5 Å². The molecule has 4 aromatic carbocycles. The van der Waals surface area contributed by atoms with Crippen molar-refractivity contribution in [3.05, 3.63) is 153 Å². The summed E-state index contributed by atoms with van der Waals surface area (Å²) >= 11 is 14.0. The number of para-hydroxylation sites is 1. The van der Waals surface area contributed by atoms with Crippen LogP contribution >= 0.6 is 35.0 Å². The van der Waals surface area contributed by atoms with Crippen molar-refractivity contribution < 1.29 is 64.8 Å². The number of sulfonamides is 1. The van der Waals surface area contributed by atoms with E-state index in [1.165, 1.54) is 36.4 Å². The van der Waals surface area contributed by atoms with Gasteiger partial charge >= 0.3 is 25.1 Å². The molecule has 1 saturated carbocycles. The molecular formula is C54H54Cl2F2N6O12S2. The van der Waals surface area contributed by atoms with Crippen LogP contribution in [-0.2, 0) is 42.1 Å². The van der Waals surface area contributed by atoms with Crippen molar-refractivity contribution in [1.82, 2.24) is 19.8 Å². The van der Waals surface area contributed by atoms with Crippen molar-refractivity contribution in [1.29, 1.82) is 0 Å². The van der Waals surface area contributed by atoms with E-state index in [1.807, 2.05) is 30.3 Å². The first-order valence-corrected chi connectivity index (χ1v) is 28.3. The minimum atomic E-state index is -4.84. The highest BCUT2D eigenvalue weighted by atomic mass is 35.5. The fourth-order valence-corrected chi connectivity index (χ4v) is 14.3. The Morgan fingerprint density at radius 2 is 1.54 bits per heavy atom. The van der Waals surface area contributed by atoms with Crippen LogP contribution in [0, 0.1) is 17.0 Å². The van der Waals surface area contributed by atoms with E-state index in [0.29, 0.717) is 34.0 Å². The summed E-state index contributed by atoms with van der Waals surface area (Å²) < 4.78 is 80.5. The summed E-state index contributed by atoms with van der Waals surface area (Å²) in [4.78, 5) is 68.4. The number of aromatic nitrogens is 1. The minimum absolute atomic E-state index is 0.0323. The molecule has 78 heavy (non-hydrogen) atoms. The number of piperidine rings is 3. The summed E-state index contributed by atoms with van der Waals surface area (Å²) in [5.74, 6) is -3.92. The number of halogens is 4. The van der Waals surface area contributed by atoms with Gasteiger partial charge in [-0.25, -0.2) is 18.0 Å². The predicted molar refractivity (Wildman–Crippen MR) is 284 cm³/mol. The summed E-state index contributed by atoms with van der Waals surface area (Å²) in [6.07, 6.45) is 4.59. The molecule has 1 aromatic heterocycles. The third-order valence-corrected chi connectivity index (χ3v) is 18.3. The number of thioether (sulfide) groups is 1. The molecule has 0 unspecified atom stereocenters. The molecule has 0 spiro atoms. The zero-order valence-electron chi connectivity index (χ0n) is 41.8. The van der Waals surface area contributed by atoms with Gasteiger partial charge in [-0.1, -0.05) is 65.7 Å².